The maximum Gasteiger partial charge on any atom is 0.249 e. The first-order valence-corrected chi connectivity index (χ1v) is 12.0. The van der Waals surface area contributed by atoms with Crippen molar-refractivity contribution >= 4 is 28.3 Å². The number of rotatable bonds is 8. The summed E-state index contributed by atoms with van der Waals surface area (Å²) in [5.41, 5.74) is 1.08. The van der Waals surface area contributed by atoms with Gasteiger partial charge in [0.15, 0.2) is 0 Å². The van der Waals surface area contributed by atoms with Gasteiger partial charge in [0.05, 0.1) is 6.04 Å². The molecule has 2 atom stereocenters. The first-order valence-electron chi connectivity index (χ1n) is 11.2. The Morgan fingerprint density at radius 3 is 2.66 bits per heavy atom. The number of aryl methyl sites for hydroxylation is 1. The van der Waals surface area contributed by atoms with Crippen molar-refractivity contribution in [3.05, 3.63) is 53.1 Å². The number of piperidine rings is 1. The molecule has 32 heavy (non-hydrogen) atoms. The van der Waals surface area contributed by atoms with E-state index in [2.05, 4.69) is 59.1 Å². The van der Waals surface area contributed by atoms with Gasteiger partial charge in [0.25, 0.3) is 0 Å². The highest BCUT2D eigenvalue weighted by atomic mass is 32.1. The topological polar surface area (TPSA) is 96.0 Å². The molecule has 172 valence electrons. The van der Waals surface area contributed by atoms with Crippen LogP contribution in [0.4, 0.5) is 5.13 Å². The fraction of sp³-hybridized carbons (Fsp3) is 0.500. The van der Waals surface area contributed by atoms with Crippen molar-refractivity contribution in [2.75, 3.05) is 11.9 Å². The average Bonchev–Trinajstić information content (AvgIpc) is 3.26. The van der Waals surface area contributed by atoms with E-state index in [4.69, 9.17) is 0 Å². The molecule has 1 aromatic heterocycles. The second-order valence-corrected chi connectivity index (χ2v) is 10.1. The van der Waals surface area contributed by atoms with Crippen molar-refractivity contribution in [1.82, 2.24) is 20.8 Å². The molecule has 1 aliphatic heterocycles. The van der Waals surface area contributed by atoms with Crippen LogP contribution in [-0.4, -0.2) is 40.6 Å². The molecule has 0 bridgehead atoms. The Kier molecular flexibility index (Phi) is 8.53. The number of hydrogen-bond acceptors (Lipinski definition) is 6. The van der Waals surface area contributed by atoms with Crippen molar-refractivity contribution in [2.24, 2.45) is 0 Å². The Hall–Kier alpha value is -2.58. The molecule has 0 radical (unpaired) electrons. The predicted molar refractivity (Wildman–Crippen MR) is 129 cm³/mol. The van der Waals surface area contributed by atoms with Crippen molar-refractivity contribution in [3.8, 4) is 0 Å². The highest BCUT2D eigenvalue weighted by molar-refractivity contribution is 7.15. The van der Waals surface area contributed by atoms with Gasteiger partial charge in [0, 0.05) is 17.5 Å². The summed E-state index contributed by atoms with van der Waals surface area (Å²) >= 11 is 1.37. The molecule has 3 N–H and O–H groups in total. The molecule has 0 saturated carbocycles. The average molecular weight is 456 g/mol. The van der Waals surface area contributed by atoms with Crippen molar-refractivity contribution in [3.63, 3.8) is 0 Å². The number of amides is 2. The molecule has 2 heterocycles. The van der Waals surface area contributed by atoms with E-state index in [0.29, 0.717) is 11.6 Å². The maximum absolute atomic E-state index is 12.7. The zero-order valence-electron chi connectivity index (χ0n) is 19.1. The van der Waals surface area contributed by atoms with Gasteiger partial charge in [-0.25, -0.2) is 0 Å². The van der Waals surface area contributed by atoms with Gasteiger partial charge in [-0.05, 0) is 37.8 Å². The molecule has 8 heteroatoms. The molecule has 7 nitrogen and oxygen atoms in total. The summed E-state index contributed by atoms with van der Waals surface area (Å²) in [5, 5.41) is 18.7. The third-order valence-electron chi connectivity index (χ3n) is 5.32. The zero-order chi connectivity index (χ0) is 23.0. The monoisotopic (exact) mass is 455 g/mol. The van der Waals surface area contributed by atoms with Crippen LogP contribution in [0.2, 0.25) is 0 Å². The predicted octanol–water partition coefficient (Wildman–Crippen LogP) is 3.59. The lowest BCUT2D eigenvalue weighted by Gasteiger charge is -2.25. The number of nitrogens with zero attached hydrogens (tertiary/aromatic N) is 2. The SMILES string of the molecule is CC(C)(C)c1nnc(NC(=O)C=CC(CCc2ccccc2)NC(=O)[C@@H]2CCCCN2)s1. The molecule has 1 saturated heterocycles. The van der Waals surface area contributed by atoms with Crippen LogP contribution in [0, 0.1) is 0 Å². The van der Waals surface area contributed by atoms with Crippen LogP contribution in [-0.2, 0) is 21.4 Å². The van der Waals surface area contributed by atoms with Crippen LogP contribution in [0.5, 0.6) is 0 Å². The van der Waals surface area contributed by atoms with Crippen molar-refractivity contribution in [1.29, 1.82) is 0 Å². The Balaban J connectivity index is 1.61. The molecule has 1 fully saturated rings. The molecule has 1 aromatic carbocycles. The van der Waals surface area contributed by atoms with Gasteiger partial charge in [-0.15, -0.1) is 10.2 Å². The fourth-order valence-corrected chi connectivity index (χ4v) is 4.27. The molecule has 0 aliphatic carbocycles. The number of benzene rings is 1. The first-order chi connectivity index (χ1) is 15.3. The Morgan fingerprint density at radius 1 is 1.22 bits per heavy atom. The number of carbonyl (C=O) groups is 2. The summed E-state index contributed by atoms with van der Waals surface area (Å²) in [6.45, 7) is 7.03. The van der Waals surface area contributed by atoms with Gasteiger partial charge in [0.1, 0.15) is 5.01 Å². The van der Waals surface area contributed by atoms with Crippen LogP contribution in [0.25, 0.3) is 0 Å². The summed E-state index contributed by atoms with van der Waals surface area (Å²) in [4.78, 5) is 25.2. The summed E-state index contributed by atoms with van der Waals surface area (Å²) in [6, 6.07) is 9.73. The van der Waals surface area contributed by atoms with Crippen LogP contribution < -0.4 is 16.0 Å². The maximum atomic E-state index is 12.7. The van der Waals surface area contributed by atoms with E-state index in [1.54, 1.807) is 6.08 Å². The molecule has 3 rings (SSSR count). The van der Waals surface area contributed by atoms with E-state index < -0.39 is 0 Å². The van der Waals surface area contributed by atoms with Crippen LogP contribution in [0.1, 0.15) is 57.0 Å². The minimum Gasteiger partial charge on any atom is -0.349 e. The van der Waals surface area contributed by atoms with E-state index in [0.717, 1.165) is 37.2 Å². The Labute approximate surface area is 194 Å². The molecule has 2 aromatic rings. The van der Waals surface area contributed by atoms with E-state index >= 15 is 0 Å². The van der Waals surface area contributed by atoms with Crippen LogP contribution in [0.15, 0.2) is 42.5 Å². The molecule has 2 amide bonds. The van der Waals surface area contributed by atoms with Gasteiger partial charge in [0.2, 0.25) is 16.9 Å². The minimum atomic E-state index is -0.281. The summed E-state index contributed by atoms with van der Waals surface area (Å²) in [7, 11) is 0. The number of hydrogen-bond donors (Lipinski definition) is 3. The van der Waals surface area contributed by atoms with E-state index in [1.807, 2.05) is 18.2 Å². The van der Waals surface area contributed by atoms with Crippen molar-refractivity contribution in [2.45, 2.75) is 70.4 Å². The van der Waals surface area contributed by atoms with Gasteiger partial charge in [-0.3, -0.25) is 14.9 Å². The molecular weight excluding hydrogens is 422 g/mol. The lowest BCUT2D eigenvalue weighted by atomic mass is 9.98. The lowest BCUT2D eigenvalue weighted by molar-refractivity contribution is -0.124. The number of carbonyl (C=O) groups excluding carboxylic acids is 2. The Bertz CT molecular complexity index is 914. The smallest absolute Gasteiger partial charge is 0.249 e. The van der Waals surface area contributed by atoms with Crippen LogP contribution in [0.3, 0.4) is 0 Å². The minimum absolute atomic E-state index is 0.00763. The number of anilines is 1. The van der Waals surface area contributed by atoms with Gasteiger partial charge >= 0.3 is 0 Å². The fourth-order valence-electron chi connectivity index (χ4n) is 3.47. The van der Waals surface area contributed by atoms with Gasteiger partial charge in [-0.1, -0.05) is 74.9 Å². The molecule has 1 unspecified atom stereocenters. The second kappa shape index (κ2) is 11.3. The van der Waals surface area contributed by atoms with Gasteiger partial charge in [-0.2, -0.15) is 0 Å². The molecular formula is C24H33N5O2S. The van der Waals surface area contributed by atoms with E-state index in [-0.39, 0.29) is 29.3 Å². The van der Waals surface area contributed by atoms with E-state index in [1.165, 1.54) is 23.0 Å². The summed E-state index contributed by atoms with van der Waals surface area (Å²) < 4.78 is 0. The highest BCUT2D eigenvalue weighted by Gasteiger charge is 2.22. The molecule has 0 spiro atoms. The third-order valence-corrected chi connectivity index (χ3v) is 6.58. The number of aromatic nitrogens is 2. The highest BCUT2D eigenvalue weighted by Crippen LogP contribution is 2.27. The normalized spacial score (nSPS) is 17.8. The standard InChI is InChI=1S/C24H33N5O2S/c1-24(2,3)22-28-29-23(32-22)27-20(30)15-14-18(13-12-17-9-5-4-6-10-17)26-21(31)19-11-7-8-16-25-19/h4-6,9-10,14-15,18-19,25H,7-8,11-13,16H2,1-3H3,(H,26,31)(H,27,29,30)/t18?,19-/m0/s1. The van der Waals surface area contributed by atoms with Gasteiger partial charge < -0.3 is 10.6 Å². The summed E-state index contributed by atoms with van der Waals surface area (Å²) in [6.07, 6.45) is 7.75. The largest absolute Gasteiger partial charge is 0.349 e. The molecule has 1 aliphatic rings. The first kappa shape index (κ1) is 24.1. The number of nitrogens with one attached hydrogen (secondary N) is 3. The summed E-state index contributed by atoms with van der Waals surface area (Å²) in [5.74, 6) is -0.289. The quantitative estimate of drug-likeness (QED) is 0.529. The third kappa shape index (κ3) is 7.53. The van der Waals surface area contributed by atoms with Crippen LogP contribution >= 0.6 is 11.3 Å². The Morgan fingerprint density at radius 2 is 2.00 bits per heavy atom. The second-order valence-electron chi connectivity index (χ2n) is 9.15. The zero-order valence-corrected chi connectivity index (χ0v) is 19.9. The van der Waals surface area contributed by atoms with Crippen molar-refractivity contribution < 1.29 is 9.59 Å². The van der Waals surface area contributed by atoms with E-state index in [9.17, 15) is 9.59 Å². The lowest BCUT2D eigenvalue weighted by Crippen LogP contribution is -2.49.